The van der Waals surface area contributed by atoms with Crippen molar-refractivity contribution < 1.29 is 8.42 Å². The van der Waals surface area contributed by atoms with E-state index in [1.165, 1.54) is 4.31 Å². The maximum Gasteiger partial charge on any atom is 0.215 e. The third kappa shape index (κ3) is 5.26. The van der Waals surface area contributed by atoms with E-state index in [2.05, 4.69) is 10.3 Å². The lowest BCUT2D eigenvalue weighted by atomic mass is 10.3. The minimum Gasteiger partial charge on any atom is -0.316 e. The molecule has 0 unspecified atom stereocenters. The first-order valence-electron chi connectivity index (χ1n) is 6.60. The number of rotatable bonds is 8. The Hall–Kier alpha value is -0.980. The highest BCUT2D eigenvalue weighted by Crippen LogP contribution is 2.08. The number of sulfonamides is 1. The van der Waals surface area contributed by atoms with Crippen LogP contribution in [0, 0.1) is 6.92 Å². The van der Waals surface area contributed by atoms with Gasteiger partial charge in [0, 0.05) is 18.8 Å². The van der Waals surface area contributed by atoms with Gasteiger partial charge in [0.2, 0.25) is 10.0 Å². The van der Waals surface area contributed by atoms with Crippen molar-refractivity contribution in [1.29, 1.82) is 0 Å². The van der Waals surface area contributed by atoms with Crippen LogP contribution in [0.25, 0.3) is 0 Å². The first-order valence-corrected chi connectivity index (χ1v) is 8.21. The summed E-state index contributed by atoms with van der Waals surface area (Å²) in [5, 5.41) is 3.03. The van der Waals surface area contributed by atoms with Gasteiger partial charge in [-0.25, -0.2) is 8.42 Å². The van der Waals surface area contributed by atoms with Crippen LogP contribution in [0.2, 0.25) is 0 Å². The Morgan fingerprint density at radius 2 is 2.05 bits per heavy atom. The van der Waals surface area contributed by atoms with Crippen LogP contribution in [0.4, 0.5) is 0 Å². The van der Waals surface area contributed by atoms with Gasteiger partial charge in [-0.3, -0.25) is 4.98 Å². The molecule has 1 aromatic rings. The number of aryl methyl sites for hydroxylation is 1. The summed E-state index contributed by atoms with van der Waals surface area (Å²) in [5.41, 5.74) is 1.69. The van der Waals surface area contributed by atoms with Gasteiger partial charge in [-0.1, -0.05) is 19.9 Å². The second kappa shape index (κ2) is 7.57. The standard InChI is InChI=1S/C13H23N3O2S/c1-4-14-9-10-19(17,18)16(5-2)11-13-8-6-7-12(3)15-13/h6-8,14H,4-5,9-11H2,1-3H3. The molecule has 0 aliphatic rings. The zero-order valence-electron chi connectivity index (χ0n) is 11.9. The van der Waals surface area contributed by atoms with Gasteiger partial charge in [-0.05, 0) is 25.6 Å². The molecular weight excluding hydrogens is 262 g/mol. The van der Waals surface area contributed by atoms with Crippen molar-refractivity contribution in [2.45, 2.75) is 27.3 Å². The van der Waals surface area contributed by atoms with Crippen molar-refractivity contribution in [2.75, 3.05) is 25.4 Å². The zero-order chi connectivity index (χ0) is 14.3. The summed E-state index contributed by atoms with van der Waals surface area (Å²) in [7, 11) is -3.22. The van der Waals surface area contributed by atoms with Crippen molar-refractivity contribution >= 4 is 10.0 Å². The van der Waals surface area contributed by atoms with Gasteiger partial charge in [-0.15, -0.1) is 0 Å². The van der Waals surface area contributed by atoms with Gasteiger partial charge in [0.25, 0.3) is 0 Å². The van der Waals surface area contributed by atoms with Crippen molar-refractivity contribution in [2.24, 2.45) is 0 Å². The summed E-state index contributed by atoms with van der Waals surface area (Å²) in [6, 6.07) is 5.66. The van der Waals surface area contributed by atoms with Crippen molar-refractivity contribution in [3.05, 3.63) is 29.6 Å². The highest BCUT2D eigenvalue weighted by atomic mass is 32.2. The average Bonchev–Trinajstić information content (AvgIpc) is 2.36. The molecule has 0 bridgehead atoms. The molecule has 0 aromatic carbocycles. The minimum absolute atomic E-state index is 0.125. The monoisotopic (exact) mass is 285 g/mol. The van der Waals surface area contributed by atoms with E-state index in [1.54, 1.807) is 0 Å². The summed E-state index contributed by atoms with van der Waals surface area (Å²) < 4.78 is 25.8. The number of nitrogens with zero attached hydrogens (tertiary/aromatic N) is 2. The van der Waals surface area contributed by atoms with Crippen LogP contribution in [0.5, 0.6) is 0 Å². The molecule has 108 valence electrons. The maximum absolute atomic E-state index is 12.2. The predicted octanol–water partition coefficient (Wildman–Crippen LogP) is 1.15. The smallest absolute Gasteiger partial charge is 0.215 e. The van der Waals surface area contributed by atoms with Crippen LogP contribution in [-0.4, -0.2) is 43.1 Å². The Kier molecular flexibility index (Phi) is 6.41. The van der Waals surface area contributed by atoms with Crippen molar-refractivity contribution in [3.63, 3.8) is 0 Å². The predicted molar refractivity (Wildman–Crippen MR) is 77.4 cm³/mol. The van der Waals surface area contributed by atoms with E-state index in [1.807, 2.05) is 39.0 Å². The Morgan fingerprint density at radius 1 is 1.32 bits per heavy atom. The van der Waals surface area contributed by atoms with Gasteiger partial charge in [0.05, 0.1) is 18.0 Å². The normalized spacial score (nSPS) is 12.0. The van der Waals surface area contributed by atoms with E-state index >= 15 is 0 Å². The fourth-order valence-corrected chi connectivity index (χ4v) is 3.16. The quantitative estimate of drug-likeness (QED) is 0.728. The highest BCUT2D eigenvalue weighted by molar-refractivity contribution is 7.89. The summed E-state index contributed by atoms with van der Waals surface area (Å²) in [5.74, 6) is 0.125. The lowest BCUT2D eigenvalue weighted by Gasteiger charge is -2.20. The molecule has 1 rings (SSSR count). The Labute approximate surface area is 116 Å². The molecule has 19 heavy (non-hydrogen) atoms. The molecule has 0 fully saturated rings. The number of aromatic nitrogens is 1. The molecule has 0 spiro atoms. The summed E-state index contributed by atoms with van der Waals surface area (Å²) in [4.78, 5) is 4.35. The molecule has 0 radical (unpaired) electrons. The molecule has 6 heteroatoms. The molecule has 0 aliphatic heterocycles. The Morgan fingerprint density at radius 3 is 2.63 bits per heavy atom. The largest absolute Gasteiger partial charge is 0.316 e. The summed E-state index contributed by atoms with van der Waals surface area (Å²) in [6.07, 6.45) is 0. The second-order valence-electron chi connectivity index (χ2n) is 4.37. The lowest BCUT2D eigenvalue weighted by Crippen LogP contribution is -2.36. The van der Waals surface area contributed by atoms with Gasteiger partial charge in [0.1, 0.15) is 0 Å². The van der Waals surface area contributed by atoms with E-state index in [4.69, 9.17) is 0 Å². The van der Waals surface area contributed by atoms with Crippen LogP contribution in [0.1, 0.15) is 25.2 Å². The molecule has 0 atom stereocenters. The molecule has 0 aliphatic carbocycles. The van der Waals surface area contributed by atoms with Crippen LogP contribution >= 0.6 is 0 Å². The van der Waals surface area contributed by atoms with E-state index in [-0.39, 0.29) is 5.75 Å². The van der Waals surface area contributed by atoms with Crippen LogP contribution in [0.3, 0.4) is 0 Å². The number of hydrogen-bond acceptors (Lipinski definition) is 4. The Balaban J connectivity index is 2.72. The highest BCUT2D eigenvalue weighted by Gasteiger charge is 2.20. The number of pyridine rings is 1. The third-order valence-corrected chi connectivity index (χ3v) is 4.71. The average molecular weight is 285 g/mol. The topological polar surface area (TPSA) is 62.3 Å². The van der Waals surface area contributed by atoms with Gasteiger partial charge < -0.3 is 5.32 Å². The van der Waals surface area contributed by atoms with Crippen molar-refractivity contribution in [1.82, 2.24) is 14.6 Å². The van der Waals surface area contributed by atoms with Gasteiger partial charge in [0.15, 0.2) is 0 Å². The molecule has 1 heterocycles. The lowest BCUT2D eigenvalue weighted by molar-refractivity contribution is 0.418. The first kappa shape index (κ1) is 16.1. The van der Waals surface area contributed by atoms with Crippen LogP contribution in [0.15, 0.2) is 18.2 Å². The van der Waals surface area contributed by atoms with Gasteiger partial charge in [-0.2, -0.15) is 4.31 Å². The number of hydrogen-bond donors (Lipinski definition) is 1. The SMILES string of the molecule is CCNCCS(=O)(=O)N(CC)Cc1cccc(C)n1. The molecule has 0 saturated heterocycles. The molecule has 5 nitrogen and oxygen atoms in total. The molecular formula is C13H23N3O2S. The minimum atomic E-state index is -3.22. The number of nitrogens with one attached hydrogen (secondary N) is 1. The van der Waals surface area contributed by atoms with E-state index in [0.717, 1.165) is 17.9 Å². The van der Waals surface area contributed by atoms with E-state index in [0.29, 0.717) is 19.6 Å². The van der Waals surface area contributed by atoms with Crippen LogP contribution in [-0.2, 0) is 16.6 Å². The second-order valence-corrected chi connectivity index (χ2v) is 6.45. The third-order valence-electron chi connectivity index (χ3n) is 2.82. The summed E-state index contributed by atoms with van der Waals surface area (Å²) in [6.45, 7) is 7.77. The fraction of sp³-hybridized carbons (Fsp3) is 0.615. The Bertz CT molecular complexity index is 488. The van der Waals surface area contributed by atoms with Crippen molar-refractivity contribution in [3.8, 4) is 0 Å². The van der Waals surface area contributed by atoms with Crippen LogP contribution < -0.4 is 5.32 Å². The first-order chi connectivity index (χ1) is 8.99. The van der Waals surface area contributed by atoms with E-state index in [9.17, 15) is 8.42 Å². The fourth-order valence-electron chi connectivity index (χ4n) is 1.78. The molecule has 0 amide bonds. The maximum atomic E-state index is 12.2. The summed E-state index contributed by atoms with van der Waals surface area (Å²) >= 11 is 0. The van der Waals surface area contributed by atoms with Gasteiger partial charge >= 0.3 is 0 Å². The van der Waals surface area contributed by atoms with E-state index < -0.39 is 10.0 Å². The molecule has 0 saturated carbocycles. The zero-order valence-corrected chi connectivity index (χ0v) is 12.7. The molecule has 1 aromatic heterocycles. The molecule has 1 N–H and O–H groups in total.